The Morgan fingerprint density at radius 3 is 2.93 bits per heavy atom. The van der Waals surface area contributed by atoms with Crippen LogP contribution in [0.2, 0.25) is 5.15 Å². The molecule has 0 unspecified atom stereocenters. The van der Waals surface area contributed by atoms with Crippen LogP contribution in [0.4, 0.5) is 4.39 Å². The van der Waals surface area contributed by atoms with Crippen LogP contribution in [0.5, 0.6) is 0 Å². The number of hydrogen-bond acceptors (Lipinski definition) is 2. The maximum Gasteiger partial charge on any atom is 0.162 e. The normalized spacial score (nSPS) is 9.93. The number of allylic oxidation sites excluding steroid dienone is 1. The summed E-state index contributed by atoms with van der Waals surface area (Å²) >= 11 is 5.69. The van der Waals surface area contributed by atoms with Crippen LogP contribution in [0.25, 0.3) is 0 Å². The van der Waals surface area contributed by atoms with Crippen LogP contribution in [-0.2, 0) is 11.2 Å². The Labute approximate surface area is 86.4 Å². The smallest absolute Gasteiger partial charge is 0.162 e. The number of carbonyl (C=O) groups excluding carboxylic acids is 1. The van der Waals surface area contributed by atoms with E-state index in [-0.39, 0.29) is 17.4 Å². The first-order chi connectivity index (χ1) is 6.50. The van der Waals surface area contributed by atoms with E-state index in [2.05, 4.69) is 11.6 Å². The minimum absolute atomic E-state index is 0.0406. The number of Topliss-reactive ketones (excluding diaryl/α,β-unsaturated/α-hetero) is 1. The number of hydrogen-bond donors (Lipinski definition) is 0. The van der Waals surface area contributed by atoms with Crippen LogP contribution in [0.1, 0.15) is 12.5 Å². The zero-order valence-corrected chi connectivity index (χ0v) is 8.44. The second-order valence-corrected chi connectivity index (χ2v) is 3.34. The molecule has 0 aromatic carbocycles. The molecule has 0 aliphatic rings. The molecule has 1 rings (SSSR count). The van der Waals surface area contributed by atoms with Crippen LogP contribution in [0, 0.1) is 5.82 Å². The summed E-state index contributed by atoms with van der Waals surface area (Å²) in [5.41, 5.74) is 0.810. The van der Waals surface area contributed by atoms with E-state index in [0.717, 1.165) is 6.20 Å². The van der Waals surface area contributed by atoms with Gasteiger partial charge in [-0.25, -0.2) is 9.37 Å². The number of aromatic nitrogens is 1. The van der Waals surface area contributed by atoms with Gasteiger partial charge in [-0.2, -0.15) is 0 Å². The third kappa shape index (κ3) is 2.64. The SMILES string of the molecule is C=C(C)C(=O)Cc1cc(F)cnc1Cl. The number of halogens is 2. The van der Waals surface area contributed by atoms with Gasteiger partial charge in [0, 0.05) is 12.0 Å². The Kier molecular flexibility index (Phi) is 3.36. The van der Waals surface area contributed by atoms with Crippen molar-refractivity contribution >= 4 is 17.4 Å². The fourth-order valence-electron chi connectivity index (χ4n) is 0.912. The van der Waals surface area contributed by atoms with Crippen LogP contribution in [-0.4, -0.2) is 10.8 Å². The lowest BCUT2D eigenvalue weighted by Crippen LogP contribution is -2.04. The molecular weight excluding hydrogens is 205 g/mol. The maximum atomic E-state index is 12.7. The molecule has 0 amide bonds. The topological polar surface area (TPSA) is 30.0 Å². The zero-order valence-electron chi connectivity index (χ0n) is 7.68. The zero-order chi connectivity index (χ0) is 10.7. The van der Waals surface area contributed by atoms with Crippen molar-refractivity contribution in [2.45, 2.75) is 13.3 Å². The van der Waals surface area contributed by atoms with Gasteiger partial charge in [0.05, 0.1) is 6.20 Å². The van der Waals surface area contributed by atoms with Gasteiger partial charge in [0.1, 0.15) is 11.0 Å². The van der Waals surface area contributed by atoms with E-state index in [0.29, 0.717) is 11.1 Å². The van der Waals surface area contributed by atoms with E-state index in [1.54, 1.807) is 6.92 Å². The second-order valence-electron chi connectivity index (χ2n) is 2.98. The summed E-state index contributed by atoms with van der Waals surface area (Å²) < 4.78 is 12.7. The molecular formula is C10H9ClFNO. The van der Waals surface area contributed by atoms with E-state index in [1.165, 1.54) is 6.07 Å². The molecule has 4 heteroatoms. The van der Waals surface area contributed by atoms with Crippen molar-refractivity contribution in [3.8, 4) is 0 Å². The summed E-state index contributed by atoms with van der Waals surface area (Å²) in [6.45, 7) is 5.10. The van der Waals surface area contributed by atoms with Crippen molar-refractivity contribution in [3.05, 3.63) is 40.9 Å². The van der Waals surface area contributed by atoms with E-state index < -0.39 is 5.82 Å². The molecule has 0 saturated heterocycles. The highest BCUT2D eigenvalue weighted by Crippen LogP contribution is 2.15. The molecule has 0 N–H and O–H groups in total. The van der Waals surface area contributed by atoms with Gasteiger partial charge in [0.2, 0.25) is 0 Å². The van der Waals surface area contributed by atoms with Gasteiger partial charge in [0.25, 0.3) is 0 Å². The highest BCUT2D eigenvalue weighted by Gasteiger charge is 2.09. The number of rotatable bonds is 3. The fourth-order valence-corrected chi connectivity index (χ4v) is 1.08. The average molecular weight is 214 g/mol. The number of carbonyl (C=O) groups is 1. The molecule has 1 aromatic rings. The molecule has 1 aromatic heterocycles. The highest BCUT2D eigenvalue weighted by atomic mass is 35.5. The molecule has 0 spiro atoms. The third-order valence-corrected chi connectivity index (χ3v) is 2.05. The molecule has 0 fully saturated rings. The van der Waals surface area contributed by atoms with E-state index in [9.17, 15) is 9.18 Å². The Morgan fingerprint density at radius 1 is 1.71 bits per heavy atom. The predicted molar refractivity (Wildman–Crippen MR) is 52.7 cm³/mol. The molecule has 0 aliphatic heterocycles. The summed E-state index contributed by atoms with van der Waals surface area (Å²) in [7, 11) is 0. The van der Waals surface area contributed by atoms with Gasteiger partial charge >= 0.3 is 0 Å². The lowest BCUT2D eigenvalue weighted by Gasteiger charge is -2.02. The average Bonchev–Trinajstić information content (AvgIpc) is 2.11. The summed E-state index contributed by atoms with van der Waals surface area (Å²) in [6.07, 6.45) is 1.05. The predicted octanol–water partition coefficient (Wildman–Crippen LogP) is 2.56. The molecule has 14 heavy (non-hydrogen) atoms. The van der Waals surface area contributed by atoms with Crippen LogP contribution in [0.3, 0.4) is 0 Å². The van der Waals surface area contributed by atoms with Crippen molar-refractivity contribution in [3.63, 3.8) is 0 Å². The third-order valence-electron chi connectivity index (χ3n) is 1.71. The fraction of sp³-hybridized carbons (Fsp3) is 0.200. The van der Waals surface area contributed by atoms with E-state index >= 15 is 0 Å². The van der Waals surface area contributed by atoms with Gasteiger partial charge in [-0.1, -0.05) is 18.2 Å². The summed E-state index contributed by atoms with van der Waals surface area (Å²) in [6, 6.07) is 1.20. The Bertz CT molecular complexity index is 390. The Morgan fingerprint density at radius 2 is 2.36 bits per heavy atom. The first-order valence-electron chi connectivity index (χ1n) is 3.99. The maximum absolute atomic E-state index is 12.7. The number of pyridine rings is 1. The van der Waals surface area contributed by atoms with Crippen LogP contribution < -0.4 is 0 Å². The minimum Gasteiger partial charge on any atom is -0.294 e. The molecule has 1 heterocycles. The van der Waals surface area contributed by atoms with Gasteiger partial charge in [-0.3, -0.25) is 4.79 Å². The van der Waals surface area contributed by atoms with Crippen molar-refractivity contribution in [2.75, 3.05) is 0 Å². The van der Waals surface area contributed by atoms with Crippen molar-refractivity contribution in [2.24, 2.45) is 0 Å². The summed E-state index contributed by atoms with van der Waals surface area (Å²) in [5.74, 6) is -0.668. The molecule has 0 aliphatic carbocycles. The van der Waals surface area contributed by atoms with Gasteiger partial charge in [-0.15, -0.1) is 0 Å². The van der Waals surface area contributed by atoms with Crippen LogP contribution >= 0.6 is 11.6 Å². The lowest BCUT2D eigenvalue weighted by molar-refractivity contribution is -0.114. The highest BCUT2D eigenvalue weighted by molar-refractivity contribution is 6.30. The van der Waals surface area contributed by atoms with Crippen LogP contribution in [0.15, 0.2) is 24.4 Å². The molecule has 0 bridgehead atoms. The largest absolute Gasteiger partial charge is 0.294 e. The number of ketones is 1. The second kappa shape index (κ2) is 4.33. The summed E-state index contributed by atoms with van der Waals surface area (Å²) in [4.78, 5) is 14.9. The molecule has 0 radical (unpaired) electrons. The van der Waals surface area contributed by atoms with Crippen molar-refractivity contribution < 1.29 is 9.18 Å². The number of nitrogens with zero attached hydrogens (tertiary/aromatic N) is 1. The quantitative estimate of drug-likeness (QED) is 0.571. The lowest BCUT2D eigenvalue weighted by atomic mass is 10.1. The monoisotopic (exact) mass is 213 g/mol. The Balaban J connectivity index is 2.91. The van der Waals surface area contributed by atoms with Gasteiger partial charge in [0.15, 0.2) is 5.78 Å². The van der Waals surface area contributed by atoms with E-state index in [1.807, 2.05) is 0 Å². The minimum atomic E-state index is -0.501. The van der Waals surface area contributed by atoms with Crippen molar-refractivity contribution in [1.29, 1.82) is 0 Å². The van der Waals surface area contributed by atoms with Gasteiger partial charge in [-0.05, 0) is 18.6 Å². The Hall–Kier alpha value is -1.22. The molecule has 0 saturated carbocycles. The molecule has 74 valence electrons. The first-order valence-corrected chi connectivity index (χ1v) is 4.37. The van der Waals surface area contributed by atoms with Crippen molar-refractivity contribution in [1.82, 2.24) is 4.98 Å². The molecule has 0 atom stereocenters. The van der Waals surface area contributed by atoms with E-state index in [4.69, 9.17) is 11.6 Å². The first kappa shape index (κ1) is 10.9. The summed E-state index contributed by atoms with van der Waals surface area (Å²) in [5, 5.41) is 0.154. The van der Waals surface area contributed by atoms with Gasteiger partial charge < -0.3 is 0 Å². The molecule has 2 nitrogen and oxygen atoms in total. The standard InChI is InChI=1S/C10H9ClFNO/c1-6(2)9(14)4-7-3-8(12)5-13-10(7)11/h3,5H,1,4H2,2H3.